The second-order valence-electron chi connectivity index (χ2n) is 3.79. The Hall–Kier alpha value is -0.940. The third-order valence-corrected chi connectivity index (χ3v) is 2.25. The summed E-state index contributed by atoms with van der Waals surface area (Å²) in [5, 5.41) is 11.4. The quantitative estimate of drug-likeness (QED) is 0.756. The van der Waals surface area contributed by atoms with Crippen LogP contribution in [0.3, 0.4) is 0 Å². The van der Waals surface area contributed by atoms with E-state index in [-0.39, 0.29) is 0 Å². The summed E-state index contributed by atoms with van der Waals surface area (Å²) in [6.07, 6.45) is 0.860. The van der Waals surface area contributed by atoms with Crippen molar-refractivity contribution in [3.8, 4) is 0 Å². The van der Waals surface area contributed by atoms with Gasteiger partial charge in [0.05, 0.1) is 18.0 Å². The van der Waals surface area contributed by atoms with E-state index in [1.54, 1.807) is 7.11 Å². The number of hydrogen-bond acceptors (Lipinski definition) is 4. The van der Waals surface area contributed by atoms with Gasteiger partial charge >= 0.3 is 0 Å². The van der Waals surface area contributed by atoms with Gasteiger partial charge in [-0.25, -0.2) is 4.68 Å². The Morgan fingerprint density at radius 3 is 2.73 bits per heavy atom. The standard InChI is InChI=1S/C10H20N4O/c1-8(2)14-10(5-6-15-4)9(7-11-3)12-13-14/h8,11H,5-7H2,1-4H3. The molecular formula is C10H20N4O. The maximum absolute atomic E-state index is 5.09. The topological polar surface area (TPSA) is 52.0 Å². The van der Waals surface area contributed by atoms with Gasteiger partial charge in [0.1, 0.15) is 0 Å². The smallest absolute Gasteiger partial charge is 0.0997 e. The fourth-order valence-electron chi connectivity index (χ4n) is 1.52. The molecule has 0 aliphatic heterocycles. The summed E-state index contributed by atoms with van der Waals surface area (Å²) in [5.74, 6) is 0. The van der Waals surface area contributed by atoms with Crippen LogP contribution in [0.5, 0.6) is 0 Å². The SMILES string of the molecule is CNCc1nnn(C(C)C)c1CCOC. The molecule has 5 heteroatoms. The van der Waals surface area contributed by atoms with Crippen LogP contribution in [0.4, 0.5) is 0 Å². The van der Waals surface area contributed by atoms with Crippen LogP contribution in [0.1, 0.15) is 31.3 Å². The Labute approximate surface area is 90.8 Å². The lowest BCUT2D eigenvalue weighted by Crippen LogP contribution is -2.13. The molecule has 5 nitrogen and oxygen atoms in total. The van der Waals surface area contributed by atoms with Crippen LogP contribution in [-0.2, 0) is 17.7 Å². The molecule has 0 aromatic carbocycles. The number of nitrogens with one attached hydrogen (secondary N) is 1. The van der Waals surface area contributed by atoms with Gasteiger partial charge in [0.25, 0.3) is 0 Å². The molecule has 0 saturated heterocycles. The molecule has 1 N–H and O–H groups in total. The van der Waals surface area contributed by atoms with Crippen molar-refractivity contribution >= 4 is 0 Å². The first kappa shape index (κ1) is 12.1. The number of ether oxygens (including phenoxy) is 1. The van der Waals surface area contributed by atoms with E-state index in [0.717, 1.165) is 18.7 Å². The Morgan fingerprint density at radius 2 is 2.20 bits per heavy atom. The first-order valence-electron chi connectivity index (χ1n) is 5.27. The second kappa shape index (κ2) is 5.82. The average Bonchev–Trinajstić information content (AvgIpc) is 2.59. The summed E-state index contributed by atoms with van der Waals surface area (Å²) in [7, 11) is 3.62. The Morgan fingerprint density at radius 1 is 1.47 bits per heavy atom. The minimum absolute atomic E-state index is 0.343. The van der Waals surface area contributed by atoms with E-state index < -0.39 is 0 Å². The van der Waals surface area contributed by atoms with Crippen molar-refractivity contribution < 1.29 is 4.74 Å². The molecule has 0 aliphatic carbocycles. The zero-order valence-electron chi connectivity index (χ0n) is 9.95. The van der Waals surface area contributed by atoms with Crippen molar-refractivity contribution in [2.24, 2.45) is 0 Å². The number of rotatable bonds is 6. The number of aromatic nitrogens is 3. The van der Waals surface area contributed by atoms with Gasteiger partial charge in [-0.3, -0.25) is 0 Å². The largest absolute Gasteiger partial charge is 0.384 e. The van der Waals surface area contributed by atoms with Crippen LogP contribution in [0.15, 0.2) is 0 Å². The highest BCUT2D eigenvalue weighted by atomic mass is 16.5. The average molecular weight is 212 g/mol. The molecule has 0 fully saturated rings. The first-order chi connectivity index (χ1) is 7.20. The molecule has 0 aliphatic rings. The van der Waals surface area contributed by atoms with E-state index in [1.165, 1.54) is 5.69 Å². The van der Waals surface area contributed by atoms with Crippen molar-refractivity contribution in [3.63, 3.8) is 0 Å². The summed E-state index contributed by atoms with van der Waals surface area (Å²) < 4.78 is 7.06. The summed E-state index contributed by atoms with van der Waals surface area (Å²) >= 11 is 0. The van der Waals surface area contributed by atoms with Crippen LogP contribution < -0.4 is 5.32 Å². The highest BCUT2D eigenvalue weighted by Gasteiger charge is 2.13. The second-order valence-corrected chi connectivity index (χ2v) is 3.79. The summed E-state index contributed by atoms with van der Waals surface area (Å²) in [6, 6.07) is 0.343. The van der Waals surface area contributed by atoms with Crippen LogP contribution >= 0.6 is 0 Å². The van der Waals surface area contributed by atoms with E-state index in [0.29, 0.717) is 12.6 Å². The Kier molecular flexibility index (Phi) is 4.71. The minimum Gasteiger partial charge on any atom is -0.384 e. The molecule has 1 aromatic heterocycles. The summed E-state index contributed by atoms with van der Waals surface area (Å²) in [6.45, 7) is 5.67. The van der Waals surface area contributed by atoms with Crippen LogP contribution in [0.25, 0.3) is 0 Å². The van der Waals surface area contributed by atoms with Crippen LogP contribution in [-0.4, -0.2) is 35.8 Å². The molecule has 1 heterocycles. The molecular weight excluding hydrogens is 192 g/mol. The molecule has 0 saturated carbocycles. The number of nitrogens with zero attached hydrogens (tertiary/aromatic N) is 3. The third kappa shape index (κ3) is 3.00. The molecule has 0 bridgehead atoms. The van der Waals surface area contributed by atoms with Crippen LogP contribution in [0, 0.1) is 0 Å². The van der Waals surface area contributed by atoms with Crippen molar-refractivity contribution in [1.82, 2.24) is 20.3 Å². The van der Waals surface area contributed by atoms with Gasteiger partial charge < -0.3 is 10.1 Å². The van der Waals surface area contributed by atoms with E-state index in [4.69, 9.17) is 4.74 Å². The molecule has 0 atom stereocenters. The van der Waals surface area contributed by atoms with E-state index >= 15 is 0 Å². The van der Waals surface area contributed by atoms with Crippen molar-refractivity contribution in [2.45, 2.75) is 32.9 Å². The Bertz CT molecular complexity index is 296. The van der Waals surface area contributed by atoms with Gasteiger partial charge in [-0.15, -0.1) is 5.10 Å². The van der Waals surface area contributed by atoms with Crippen molar-refractivity contribution in [3.05, 3.63) is 11.4 Å². The van der Waals surface area contributed by atoms with Gasteiger partial charge in [-0.05, 0) is 20.9 Å². The fraction of sp³-hybridized carbons (Fsp3) is 0.800. The van der Waals surface area contributed by atoms with Gasteiger partial charge in [0, 0.05) is 26.1 Å². The molecule has 15 heavy (non-hydrogen) atoms. The molecule has 0 amide bonds. The molecule has 0 unspecified atom stereocenters. The van der Waals surface area contributed by atoms with E-state index in [2.05, 4.69) is 29.5 Å². The van der Waals surface area contributed by atoms with E-state index in [9.17, 15) is 0 Å². The predicted molar refractivity (Wildman–Crippen MR) is 58.8 cm³/mol. The fourth-order valence-corrected chi connectivity index (χ4v) is 1.52. The zero-order valence-corrected chi connectivity index (χ0v) is 9.95. The highest BCUT2D eigenvalue weighted by Crippen LogP contribution is 2.12. The molecule has 1 aromatic rings. The van der Waals surface area contributed by atoms with Gasteiger partial charge in [-0.2, -0.15) is 0 Å². The monoisotopic (exact) mass is 212 g/mol. The summed E-state index contributed by atoms with van der Waals surface area (Å²) in [5.41, 5.74) is 2.18. The lowest BCUT2D eigenvalue weighted by atomic mass is 10.2. The van der Waals surface area contributed by atoms with Gasteiger partial charge in [0.15, 0.2) is 0 Å². The number of hydrogen-bond donors (Lipinski definition) is 1. The summed E-state index contributed by atoms with van der Waals surface area (Å²) in [4.78, 5) is 0. The van der Waals surface area contributed by atoms with Gasteiger partial charge in [0.2, 0.25) is 0 Å². The predicted octanol–water partition coefficient (Wildman–Crippen LogP) is 0.767. The first-order valence-corrected chi connectivity index (χ1v) is 5.27. The number of methoxy groups -OCH3 is 1. The molecule has 0 spiro atoms. The zero-order chi connectivity index (χ0) is 11.3. The highest BCUT2D eigenvalue weighted by molar-refractivity contribution is 5.11. The maximum atomic E-state index is 5.09. The molecule has 86 valence electrons. The van der Waals surface area contributed by atoms with Crippen molar-refractivity contribution in [1.29, 1.82) is 0 Å². The van der Waals surface area contributed by atoms with E-state index in [1.807, 2.05) is 11.7 Å². The third-order valence-electron chi connectivity index (χ3n) is 2.25. The Balaban J connectivity index is 2.86. The lowest BCUT2D eigenvalue weighted by molar-refractivity contribution is 0.199. The minimum atomic E-state index is 0.343. The molecule has 0 radical (unpaired) electrons. The lowest BCUT2D eigenvalue weighted by Gasteiger charge is -2.10. The van der Waals surface area contributed by atoms with Gasteiger partial charge in [-0.1, -0.05) is 5.21 Å². The van der Waals surface area contributed by atoms with Crippen molar-refractivity contribution in [2.75, 3.05) is 20.8 Å². The maximum Gasteiger partial charge on any atom is 0.0997 e. The normalized spacial score (nSPS) is 11.3. The van der Waals surface area contributed by atoms with Crippen LogP contribution in [0.2, 0.25) is 0 Å². The molecule has 1 rings (SSSR count).